The van der Waals surface area contributed by atoms with Gasteiger partial charge in [-0.2, -0.15) is 0 Å². The summed E-state index contributed by atoms with van der Waals surface area (Å²) < 4.78 is 0.453. The molecule has 0 aliphatic heterocycles. The molecular weight excluding hydrogens is 320 g/mol. The second kappa shape index (κ2) is 6.38. The molecule has 0 radical (unpaired) electrons. The first kappa shape index (κ1) is 15.0. The molecule has 20 heavy (non-hydrogen) atoms. The molecule has 6 nitrogen and oxygen atoms in total. The Kier molecular flexibility index (Phi) is 4.79. The largest absolute Gasteiger partial charge is 0.349 e. The second-order valence-corrected chi connectivity index (χ2v) is 6.41. The summed E-state index contributed by atoms with van der Waals surface area (Å²) in [6.07, 6.45) is 3.54. The Morgan fingerprint density at radius 3 is 2.85 bits per heavy atom. The number of thioether (sulfide) groups is 1. The molecule has 0 N–H and O–H groups in total. The fraction of sp³-hybridized carbons (Fsp3) is 0.273. The van der Waals surface area contributed by atoms with Crippen molar-refractivity contribution in [3.8, 4) is 0 Å². The average Bonchev–Trinajstić information content (AvgIpc) is 2.83. The van der Waals surface area contributed by atoms with Crippen LogP contribution in [0.3, 0.4) is 0 Å². The molecule has 0 amide bonds. The van der Waals surface area contributed by atoms with Gasteiger partial charge >= 0.3 is 5.69 Å². The highest BCUT2D eigenvalue weighted by atomic mass is 35.5. The van der Waals surface area contributed by atoms with Gasteiger partial charge in [0.05, 0.1) is 16.5 Å². The van der Waals surface area contributed by atoms with Crippen LogP contribution >= 0.6 is 34.7 Å². The van der Waals surface area contributed by atoms with Gasteiger partial charge in [-0.15, -0.1) is 23.1 Å². The van der Waals surface area contributed by atoms with E-state index in [1.165, 1.54) is 29.2 Å². The highest BCUT2D eigenvalue weighted by Crippen LogP contribution is 2.29. The lowest BCUT2D eigenvalue weighted by atomic mass is 10.3. The first-order chi connectivity index (χ1) is 9.51. The number of pyridine rings is 1. The van der Waals surface area contributed by atoms with Crippen LogP contribution in [-0.4, -0.2) is 28.2 Å². The Morgan fingerprint density at radius 2 is 2.30 bits per heavy atom. The van der Waals surface area contributed by atoms with Gasteiger partial charge in [-0.25, -0.2) is 9.97 Å². The molecule has 0 bridgehead atoms. The average molecular weight is 331 g/mol. The minimum atomic E-state index is -0.428. The molecule has 2 rings (SSSR count). The van der Waals surface area contributed by atoms with Gasteiger partial charge in [0.1, 0.15) is 0 Å². The van der Waals surface area contributed by atoms with Crippen molar-refractivity contribution in [2.24, 2.45) is 0 Å². The van der Waals surface area contributed by atoms with Crippen molar-refractivity contribution in [2.45, 2.75) is 11.6 Å². The van der Waals surface area contributed by atoms with Crippen LogP contribution in [0.4, 0.5) is 11.5 Å². The highest BCUT2D eigenvalue weighted by molar-refractivity contribution is 7.98. The smallest absolute Gasteiger partial charge is 0.311 e. The fourth-order valence-corrected chi connectivity index (χ4v) is 3.04. The zero-order chi connectivity index (χ0) is 14.7. The Labute approximate surface area is 129 Å². The molecule has 9 heteroatoms. The molecule has 2 aromatic heterocycles. The second-order valence-electron chi connectivity index (χ2n) is 3.89. The van der Waals surface area contributed by atoms with Crippen LogP contribution in [0.5, 0.6) is 0 Å². The molecule has 0 unspecified atom stereocenters. The standard InChI is InChI=1S/C11H11ClN4O2S2/c1-15(6-7-5-13-11(12)20-7)10-8(16(17)18)3-4-9(14-10)19-2/h3-5H,6H2,1-2H3. The van der Waals surface area contributed by atoms with Crippen LogP contribution < -0.4 is 4.90 Å². The third kappa shape index (κ3) is 3.38. The van der Waals surface area contributed by atoms with Gasteiger partial charge in [0.15, 0.2) is 4.47 Å². The van der Waals surface area contributed by atoms with Crippen LogP contribution in [0.25, 0.3) is 0 Å². The zero-order valence-electron chi connectivity index (χ0n) is 10.7. The molecule has 0 aliphatic carbocycles. The van der Waals surface area contributed by atoms with Crippen molar-refractivity contribution >= 4 is 46.2 Å². The molecule has 106 valence electrons. The van der Waals surface area contributed by atoms with Crippen LogP contribution in [0.1, 0.15) is 4.88 Å². The van der Waals surface area contributed by atoms with E-state index in [1.54, 1.807) is 24.2 Å². The summed E-state index contributed by atoms with van der Waals surface area (Å²) in [5.74, 6) is 0.339. The van der Waals surface area contributed by atoms with E-state index in [0.29, 0.717) is 16.8 Å². The van der Waals surface area contributed by atoms with E-state index >= 15 is 0 Å². The van der Waals surface area contributed by atoms with Crippen molar-refractivity contribution in [1.29, 1.82) is 0 Å². The predicted octanol–water partition coefficient (Wildman–Crippen LogP) is 3.46. The topological polar surface area (TPSA) is 72.2 Å². The quantitative estimate of drug-likeness (QED) is 0.475. The van der Waals surface area contributed by atoms with Gasteiger partial charge in [0.25, 0.3) is 0 Å². The number of rotatable bonds is 5. The van der Waals surface area contributed by atoms with E-state index in [1.807, 2.05) is 6.26 Å². The van der Waals surface area contributed by atoms with E-state index < -0.39 is 4.92 Å². The molecule has 0 fully saturated rings. The molecule has 2 aromatic rings. The molecule has 2 heterocycles. The summed E-state index contributed by atoms with van der Waals surface area (Å²) in [6, 6.07) is 3.12. The van der Waals surface area contributed by atoms with E-state index in [-0.39, 0.29) is 5.69 Å². The summed E-state index contributed by atoms with van der Waals surface area (Å²) >= 11 is 8.57. The monoisotopic (exact) mass is 330 g/mol. The maximum absolute atomic E-state index is 11.1. The minimum Gasteiger partial charge on any atom is -0.349 e. The molecule has 0 aromatic carbocycles. The van der Waals surface area contributed by atoms with E-state index in [4.69, 9.17) is 11.6 Å². The van der Waals surface area contributed by atoms with Crippen molar-refractivity contribution < 1.29 is 4.92 Å². The Bertz CT molecular complexity index is 635. The molecular formula is C11H11ClN4O2S2. The summed E-state index contributed by atoms with van der Waals surface area (Å²) in [6.45, 7) is 0.468. The summed E-state index contributed by atoms with van der Waals surface area (Å²) in [4.78, 5) is 21.6. The van der Waals surface area contributed by atoms with E-state index in [0.717, 1.165) is 9.90 Å². The Hall–Kier alpha value is -1.38. The van der Waals surface area contributed by atoms with Gasteiger partial charge in [0, 0.05) is 24.2 Å². The van der Waals surface area contributed by atoms with Gasteiger partial charge in [-0.1, -0.05) is 11.6 Å². The molecule has 0 atom stereocenters. The minimum absolute atomic E-state index is 0.0130. The summed E-state index contributed by atoms with van der Waals surface area (Å²) in [7, 11) is 1.76. The van der Waals surface area contributed by atoms with Crippen LogP contribution in [0.15, 0.2) is 23.4 Å². The van der Waals surface area contributed by atoms with Crippen LogP contribution in [0.2, 0.25) is 4.47 Å². The van der Waals surface area contributed by atoms with Crippen molar-refractivity contribution in [3.63, 3.8) is 0 Å². The van der Waals surface area contributed by atoms with Gasteiger partial charge in [-0.05, 0) is 12.3 Å². The molecule has 0 spiro atoms. The van der Waals surface area contributed by atoms with Crippen LogP contribution in [-0.2, 0) is 6.54 Å². The Balaban J connectivity index is 2.31. The maximum Gasteiger partial charge on any atom is 0.311 e. The number of hydrogen-bond acceptors (Lipinski definition) is 7. The first-order valence-corrected chi connectivity index (χ1v) is 7.94. The fourth-order valence-electron chi connectivity index (χ4n) is 1.63. The number of hydrogen-bond donors (Lipinski definition) is 0. The van der Waals surface area contributed by atoms with Gasteiger partial charge < -0.3 is 4.90 Å². The number of nitrogens with zero attached hydrogens (tertiary/aromatic N) is 4. The van der Waals surface area contributed by atoms with Crippen LogP contribution in [0, 0.1) is 10.1 Å². The summed E-state index contributed by atoms with van der Waals surface area (Å²) in [5.41, 5.74) is -0.0130. The number of thiazole rings is 1. The Morgan fingerprint density at radius 1 is 1.55 bits per heavy atom. The number of aromatic nitrogens is 2. The lowest BCUT2D eigenvalue weighted by Crippen LogP contribution is -2.18. The number of anilines is 1. The molecule has 0 saturated heterocycles. The molecule has 0 aliphatic rings. The number of halogens is 1. The molecule has 0 saturated carbocycles. The maximum atomic E-state index is 11.1. The van der Waals surface area contributed by atoms with E-state index in [2.05, 4.69) is 9.97 Å². The van der Waals surface area contributed by atoms with Gasteiger partial charge in [-0.3, -0.25) is 10.1 Å². The van der Waals surface area contributed by atoms with Gasteiger partial charge in [0.2, 0.25) is 5.82 Å². The van der Waals surface area contributed by atoms with Crippen molar-refractivity contribution in [2.75, 3.05) is 18.2 Å². The van der Waals surface area contributed by atoms with E-state index in [9.17, 15) is 10.1 Å². The SMILES string of the molecule is CSc1ccc([N+](=O)[O-])c(N(C)Cc2cnc(Cl)s2)n1. The first-order valence-electron chi connectivity index (χ1n) is 5.52. The highest BCUT2D eigenvalue weighted by Gasteiger charge is 2.20. The normalized spacial score (nSPS) is 10.6. The van der Waals surface area contributed by atoms with Crippen molar-refractivity contribution in [1.82, 2.24) is 9.97 Å². The predicted molar refractivity (Wildman–Crippen MR) is 81.9 cm³/mol. The van der Waals surface area contributed by atoms with Crippen molar-refractivity contribution in [3.05, 3.63) is 37.8 Å². The third-order valence-corrected chi connectivity index (χ3v) is 4.26. The summed E-state index contributed by atoms with van der Waals surface area (Å²) in [5, 5.41) is 11.8. The lowest BCUT2D eigenvalue weighted by Gasteiger charge is -2.17. The lowest BCUT2D eigenvalue weighted by molar-refractivity contribution is -0.384. The zero-order valence-corrected chi connectivity index (χ0v) is 13.1. The number of nitro groups is 1. The third-order valence-electron chi connectivity index (χ3n) is 2.51.